The standard InChI is InChI=1S/C15H16N2O3S/c1-10(16-15(19)13-7-4-8-20-13)14(18)17-11-5-3-6-12(9-11)21-2/h3-10H,1-2H3,(H,16,19)(H,17,18). The van der Waals surface area contributed by atoms with Crippen molar-refractivity contribution in [2.45, 2.75) is 17.9 Å². The van der Waals surface area contributed by atoms with Gasteiger partial charge in [-0.3, -0.25) is 9.59 Å². The second-order valence-corrected chi connectivity index (χ2v) is 5.27. The highest BCUT2D eigenvalue weighted by Gasteiger charge is 2.18. The van der Waals surface area contributed by atoms with Gasteiger partial charge >= 0.3 is 0 Å². The van der Waals surface area contributed by atoms with Crippen molar-refractivity contribution in [3.8, 4) is 0 Å². The Labute approximate surface area is 127 Å². The van der Waals surface area contributed by atoms with Crippen LogP contribution in [0.1, 0.15) is 17.5 Å². The molecule has 5 nitrogen and oxygen atoms in total. The number of carbonyl (C=O) groups is 2. The van der Waals surface area contributed by atoms with Crippen molar-refractivity contribution < 1.29 is 14.0 Å². The molecule has 1 atom stereocenters. The fourth-order valence-electron chi connectivity index (χ4n) is 1.69. The van der Waals surface area contributed by atoms with Gasteiger partial charge in [-0.25, -0.2) is 0 Å². The van der Waals surface area contributed by atoms with Crippen molar-refractivity contribution >= 4 is 29.3 Å². The van der Waals surface area contributed by atoms with Crippen LogP contribution in [-0.4, -0.2) is 24.1 Å². The molecule has 2 aromatic rings. The van der Waals surface area contributed by atoms with E-state index in [0.717, 1.165) is 4.90 Å². The van der Waals surface area contributed by atoms with E-state index >= 15 is 0 Å². The number of hydrogen-bond donors (Lipinski definition) is 2. The number of hydrogen-bond acceptors (Lipinski definition) is 4. The summed E-state index contributed by atoms with van der Waals surface area (Å²) in [4.78, 5) is 24.9. The fourth-order valence-corrected chi connectivity index (χ4v) is 2.15. The normalized spacial score (nSPS) is 11.7. The summed E-state index contributed by atoms with van der Waals surface area (Å²) in [5.41, 5.74) is 0.700. The van der Waals surface area contributed by atoms with E-state index in [1.807, 2.05) is 24.5 Å². The number of furan rings is 1. The van der Waals surface area contributed by atoms with Crippen molar-refractivity contribution in [1.82, 2.24) is 5.32 Å². The van der Waals surface area contributed by atoms with Crippen LogP contribution in [0.25, 0.3) is 0 Å². The Morgan fingerprint density at radius 2 is 2.05 bits per heavy atom. The minimum atomic E-state index is -0.666. The first-order valence-electron chi connectivity index (χ1n) is 6.39. The second-order valence-electron chi connectivity index (χ2n) is 4.39. The summed E-state index contributed by atoms with van der Waals surface area (Å²) in [5.74, 6) is -0.521. The van der Waals surface area contributed by atoms with E-state index in [1.165, 1.54) is 6.26 Å². The summed E-state index contributed by atoms with van der Waals surface area (Å²) < 4.78 is 4.98. The molecular formula is C15H16N2O3S. The van der Waals surface area contributed by atoms with E-state index in [0.29, 0.717) is 5.69 Å². The van der Waals surface area contributed by atoms with Crippen LogP contribution in [-0.2, 0) is 4.79 Å². The molecule has 1 aromatic carbocycles. The van der Waals surface area contributed by atoms with Crippen LogP contribution >= 0.6 is 11.8 Å². The highest BCUT2D eigenvalue weighted by molar-refractivity contribution is 7.98. The molecular weight excluding hydrogens is 288 g/mol. The average molecular weight is 304 g/mol. The van der Waals surface area contributed by atoms with Gasteiger partial charge in [0.15, 0.2) is 5.76 Å². The van der Waals surface area contributed by atoms with Crippen LogP contribution in [0.3, 0.4) is 0 Å². The van der Waals surface area contributed by atoms with Gasteiger partial charge in [-0.05, 0) is 43.5 Å². The molecule has 0 spiro atoms. The van der Waals surface area contributed by atoms with Gasteiger partial charge in [0, 0.05) is 10.6 Å². The highest BCUT2D eigenvalue weighted by Crippen LogP contribution is 2.19. The van der Waals surface area contributed by atoms with Crippen LogP contribution in [0.2, 0.25) is 0 Å². The molecule has 0 bridgehead atoms. The molecule has 2 amide bonds. The molecule has 0 saturated heterocycles. The Morgan fingerprint density at radius 1 is 1.24 bits per heavy atom. The van der Waals surface area contributed by atoms with Crippen molar-refractivity contribution in [3.63, 3.8) is 0 Å². The molecule has 0 aliphatic carbocycles. The predicted octanol–water partition coefficient (Wildman–Crippen LogP) is 2.76. The first-order valence-corrected chi connectivity index (χ1v) is 7.62. The van der Waals surface area contributed by atoms with E-state index in [2.05, 4.69) is 10.6 Å². The Balaban J connectivity index is 1.94. The lowest BCUT2D eigenvalue weighted by atomic mass is 10.2. The van der Waals surface area contributed by atoms with Crippen LogP contribution < -0.4 is 10.6 Å². The lowest BCUT2D eigenvalue weighted by molar-refractivity contribution is -0.117. The van der Waals surface area contributed by atoms with Gasteiger partial charge in [0.1, 0.15) is 6.04 Å². The molecule has 21 heavy (non-hydrogen) atoms. The van der Waals surface area contributed by atoms with Crippen LogP contribution in [0.4, 0.5) is 5.69 Å². The Bertz CT molecular complexity index is 626. The first kappa shape index (κ1) is 15.2. The molecule has 0 aliphatic rings. The molecule has 0 saturated carbocycles. The third kappa shape index (κ3) is 4.13. The lowest BCUT2D eigenvalue weighted by Crippen LogP contribution is -2.41. The van der Waals surface area contributed by atoms with E-state index in [4.69, 9.17) is 4.42 Å². The summed E-state index contributed by atoms with van der Waals surface area (Å²) in [7, 11) is 0. The summed E-state index contributed by atoms with van der Waals surface area (Å²) in [6, 6.07) is 10.0. The minimum absolute atomic E-state index is 0.180. The van der Waals surface area contributed by atoms with Crippen molar-refractivity contribution in [2.75, 3.05) is 11.6 Å². The zero-order valence-electron chi connectivity index (χ0n) is 11.8. The molecule has 110 valence electrons. The van der Waals surface area contributed by atoms with Crippen molar-refractivity contribution in [1.29, 1.82) is 0 Å². The van der Waals surface area contributed by atoms with Gasteiger partial charge in [0.25, 0.3) is 5.91 Å². The fraction of sp³-hybridized carbons (Fsp3) is 0.200. The summed E-state index contributed by atoms with van der Waals surface area (Å²) >= 11 is 1.59. The third-order valence-electron chi connectivity index (χ3n) is 2.82. The Morgan fingerprint density at radius 3 is 2.71 bits per heavy atom. The molecule has 2 N–H and O–H groups in total. The number of anilines is 1. The summed E-state index contributed by atoms with van der Waals surface area (Å²) in [5, 5.41) is 5.35. The van der Waals surface area contributed by atoms with Crippen LogP contribution in [0, 0.1) is 0 Å². The zero-order valence-corrected chi connectivity index (χ0v) is 12.6. The van der Waals surface area contributed by atoms with Gasteiger partial charge in [-0.1, -0.05) is 6.07 Å². The highest BCUT2D eigenvalue weighted by atomic mass is 32.2. The van der Waals surface area contributed by atoms with E-state index in [9.17, 15) is 9.59 Å². The molecule has 0 aliphatic heterocycles. The zero-order chi connectivity index (χ0) is 15.2. The molecule has 2 rings (SSSR count). The number of rotatable bonds is 5. The summed E-state index contributed by atoms with van der Waals surface area (Å²) in [6.07, 6.45) is 3.38. The average Bonchev–Trinajstić information content (AvgIpc) is 3.01. The van der Waals surface area contributed by atoms with Gasteiger partial charge in [0.05, 0.1) is 6.26 Å². The Kier molecular flexibility index (Phi) is 5.05. The molecule has 0 fully saturated rings. The van der Waals surface area contributed by atoms with Crippen molar-refractivity contribution in [2.24, 2.45) is 0 Å². The second kappa shape index (κ2) is 6.99. The molecule has 1 unspecified atom stereocenters. The molecule has 1 aromatic heterocycles. The number of amides is 2. The van der Waals surface area contributed by atoms with Crippen molar-refractivity contribution in [3.05, 3.63) is 48.4 Å². The SMILES string of the molecule is CSc1cccc(NC(=O)C(C)NC(=O)c2ccco2)c1. The topological polar surface area (TPSA) is 71.3 Å². The lowest BCUT2D eigenvalue weighted by Gasteiger charge is -2.13. The van der Waals surface area contributed by atoms with Gasteiger partial charge in [0.2, 0.25) is 5.91 Å². The van der Waals surface area contributed by atoms with E-state index < -0.39 is 11.9 Å². The van der Waals surface area contributed by atoms with E-state index in [-0.39, 0.29) is 11.7 Å². The molecule has 0 radical (unpaired) electrons. The molecule has 1 heterocycles. The number of benzene rings is 1. The monoisotopic (exact) mass is 304 g/mol. The third-order valence-corrected chi connectivity index (χ3v) is 3.55. The largest absolute Gasteiger partial charge is 0.459 e. The van der Waals surface area contributed by atoms with E-state index in [1.54, 1.807) is 36.9 Å². The maximum atomic E-state index is 12.1. The quantitative estimate of drug-likeness (QED) is 0.833. The number of carbonyl (C=O) groups excluding carboxylic acids is 2. The smallest absolute Gasteiger partial charge is 0.287 e. The van der Waals surface area contributed by atoms with Gasteiger partial charge in [-0.15, -0.1) is 11.8 Å². The van der Waals surface area contributed by atoms with Crippen LogP contribution in [0.5, 0.6) is 0 Å². The first-order chi connectivity index (χ1) is 10.1. The van der Waals surface area contributed by atoms with Crippen LogP contribution in [0.15, 0.2) is 52.0 Å². The number of nitrogens with one attached hydrogen (secondary N) is 2. The molecule has 6 heteroatoms. The number of thioether (sulfide) groups is 1. The Hall–Kier alpha value is -2.21. The van der Waals surface area contributed by atoms with Gasteiger partial charge in [-0.2, -0.15) is 0 Å². The van der Waals surface area contributed by atoms with Gasteiger partial charge < -0.3 is 15.1 Å². The minimum Gasteiger partial charge on any atom is -0.459 e. The summed E-state index contributed by atoms with van der Waals surface area (Å²) in [6.45, 7) is 1.62. The maximum Gasteiger partial charge on any atom is 0.287 e. The maximum absolute atomic E-state index is 12.1. The predicted molar refractivity (Wildman–Crippen MR) is 82.5 cm³/mol.